The molecule has 0 atom stereocenters. The smallest absolute Gasteiger partial charge is 0.267 e. The molecule has 0 spiro atoms. The average molecular weight is 197 g/mol. The first-order valence-corrected chi connectivity index (χ1v) is 3.03. The highest BCUT2D eigenvalue weighted by molar-refractivity contribution is 6.12. The van der Waals surface area contributed by atoms with Gasteiger partial charge in [-0.3, -0.25) is 9.59 Å². The minimum atomic E-state index is -4.97. The molecule has 1 rings (SSSR count). The summed E-state index contributed by atoms with van der Waals surface area (Å²) in [6, 6.07) is 0. The molecule has 0 bridgehead atoms. The van der Waals surface area contributed by atoms with Crippen LogP contribution >= 0.6 is 0 Å². The molecular weight excluding hydrogens is 194 g/mol. The third kappa shape index (κ3) is 0.895. The first-order chi connectivity index (χ1) is 5.76. The monoisotopic (exact) mass is 197 g/mol. The fraction of sp³-hybridized carbons (Fsp3) is 0.333. The van der Waals surface area contributed by atoms with Crippen molar-refractivity contribution in [3.8, 4) is 0 Å². The van der Waals surface area contributed by atoms with E-state index in [1.807, 2.05) is 0 Å². The fourth-order valence-electron chi connectivity index (χ4n) is 0.829. The molecule has 1 fully saturated rings. The third-order valence-corrected chi connectivity index (χ3v) is 1.55. The lowest BCUT2D eigenvalue weighted by Gasteiger charge is -2.11. The van der Waals surface area contributed by atoms with Gasteiger partial charge in [0.25, 0.3) is 0 Å². The topological polar surface area (TPSA) is 37.4 Å². The predicted octanol–water partition coefficient (Wildman–Crippen LogP) is 0.769. The maximum atomic E-state index is 12.4. The molecule has 0 aromatic heterocycles. The highest BCUT2D eigenvalue weighted by atomic mass is 19.3. The second-order valence-electron chi connectivity index (χ2n) is 2.31. The Morgan fingerprint density at radius 3 is 1.54 bits per heavy atom. The van der Waals surface area contributed by atoms with Crippen molar-refractivity contribution in [2.75, 3.05) is 0 Å². The predicted molar refractivity (Wildman–Crippen MR) is 31.9 cm³/mol. The fourth-order valence-corrected chi connectivity index (χ4v) is 0.829. The Bertz CT molecular complexity index is 273. The summed E-state index contributed by atoms with van der Waals surface area (Å²) >= 11 is 0. The lowest BCUT2D eigenvalue weighted by atomic mass is 10.2. The highest BCUT2D eigenvalue weighted by Gasteiger charge is 2.75. The number of hydrogen-bond donors (Lipinski definition) is 0. The summed E-state index contributed by atoms with van der Waals surface area (Å²) in [5.41, 5.74) is 0. The largest absolute Gasteiger partial charge is 0.396 e. The zero-order valence-corrected chi connectivity index (χ0v) is 6.06. The van der Waals surface area contributed by atoms with Crippen LogP contribution in [0.2, 0.25) is 0 Å². The average Bonchev–Trinajstić information content (AvgIpc) is 2.13. The molecule has 72 valence electrons. The molecule has 0 unspecified atom stereocenters. The zero-order chi connectivity index (χ0) is 10.4. The number of imide groups is 1. The van der Waals surface area contributed by atoms with E-state index in [0.29, 0.717) is 6.20 Å². The van der Waals surface area contributed by atoms with Crippen molar-refractivity contribution < 1.29 is 27.2 Å². The van der Waals surface area contributed by atoms with Crippen LogP contribution in [-0.4, -0.2) is 28.6 Å². The van der Waals surface area contributed by atoms with E-state index in [0.717, 1.165) is 0 Å². The minimum absolute atomic E-state index is 0.333. The molecule has 0 aliphatic carbocycles. The van der Waals surface area contributed by atoms with Crippen molar-refractivity contribution in [1.82, 2.24) is 4.90 Å². The quantitative estimate of drug-likeness (QED) is 0.460. The molecule has 2 amide bonds. The van der Waals surface area contributed by atoms with Gasteiger partial charge in [-0.15, -0.1) is 0 Å². The van der Waals surface area contributed by atoms with Crippen LogP contribution in [0, 0.1) is 0 Å². The first-order valence-electron chi connectivity index (χ1n) is 3.03. The van der Waals surface area contributed by atoms with Crippen molar-refractivity contribution in [3.05, 3.63) is 12.8 Å². The molecule has 0 aromatic carbocycles. The lowest BCUT2D eigenvalue weighted by molar-refractivity contribution is -0.192. The highest BCUT2D eigenvalue weighted by Crippen LogP contribution is 2.42. The number of nitrogens with zero attached hydrogens (tertiary/aromatic N) is 1. The molecule has 1 aliphatic rings. The van der Waals surface area contributed by atoms with Crippen molar-refractivity contribution in [3.63, 3.8) is 0 Å². The van der Waals surface area contributed by atoms with E-state index in [-0.39, 0.29) is 4.90 Å². The van der Waals surface area contributed by atoms with E-state index in [4.69, 9.17) is 0 Å². The van der Waals surface area contributed by atoms with Crippen molar-refractivity contribution >= 4 is 11.8 Å². The van der Waals surface area contributed by atoms with Crippen LogP contribution in [0.15, 0.2) is 12.8 Å². The van der Waals surface area contributed by atoms with Gasteiger partial charge < -0.3 is 0 Å². The van der Waals surface area contributed by atoms with E-state index in [2.05, 4.69) is 6.58 Å². The summed E-state index contributed by atoms with van der Waals surface area (Å²) in [6.07, 6.45) is 0.333. The molecule has 3 nitrogen and oxygen atoms in total. The SMILES string of the molecule is C=CN1C(=O)C(F)(F)C(F)(F)C1=O. The van der Waals surface area contributed by atoms with Gasteiger partial charge in [-0.05, 0) is 0 Å². The number of alkyl halides is 4. The van der Waals surface area contributed by atoms with Crippen molar-refractivity contribution in [2.45, 2.75) is 11.8 Å². The number of carbonyl (C=O) groups is 2. The Labute approximate surface area is 69.6 Å². The Kier molecular flexibility index (Phi) is 1.72. The normalized spacial score (nSPS) is 25.1. The molecule has 1 heterocycles. The van der Waals surface area contributed by atoms with E-state index >= 15 is 0 Å². The van der Waals surface area contributed by atoms with Crippen LogP contribution in [0.1, 0.15) is 0 Å². The molecular formula is C6H3F4NO2. The van der Waals surface area contributed by atoms with Crippen LogP contribution < -0.4 is 0 Å². The Hall–Kier alpha value is -1.40. The maximum absolute atomic E-state index is 12.4. The Morgan fingerprint density at radius 1 is 1.08 bits per heavy atom. The van der Waals surface area contributed by atoms with Gasteiger partial charge in [-0.25, -0.2) is 4.90 Å². The number of likely N-dealkylation sites (tertiary alicyclic amines) is 1. The van der Waals surface area contributed by atoms with Crippen LogP contribution in [-0.2, 0) is 9.59 Å². The molecule has 1 saturated heterocycles. The summed E-state index contributed by atoms with van der Waals surface area (Å²) in [4.78, 5) is 20.6. The number of hydrogen-bond acceptors (Lipinski definition) is 2. The number of carbonyl (C=O) groups excluding carboxylic acids is 2. The maximum Gasteiger partial charge on any atom is 0.396 e. The second-order valence-corrected chi connectivity index (χ2v) is 2.31. The van der Waals surface area contributed by atoms with Gasteiger partial charge in [0.05, 0.1) is 0 Å². The van der Waals surface area contributed by atoms with Crippen LogP contribution in [0.5, 0.6) is 0 Å². The molecule has 0 radical (unpaired) electrons. The summed E-state index contributed by atoms with van der Waals surface area (Å²) in [7, 11) is 0. The number of rotatable bonds is 1. The molecule has 7 heteroatoms. The first kappa shape index (κ1) is 9.69. The van der Waals surface area contributed by atoms with Gasteiger partial charge in [-0.1, -0.05) is 6.58 Å². The second kappa shape index (κ2) is 2.30. The van der Waals surface area contributed by atoms with Crippen LogP contribution in [0.25, 0.3) is 0 Å². The number of halogens is 4. The van der Waals surface area contributed by atoms with Crippen molar-refractivity contribution in [1.29, 1.82) is 0 Å². The van der Waals surface area contributed by atoms with E-state index in [1.54, 1.807) is 0 Å². The van der Waals surface area contributed by atoms with Gasteiger partial charge in [-0.2, -0.15) is 17.6 Å². The van der Waals surface area contributed by atoms with Gasteiger partial charge >= 0.3 is 23.7 Å². The van der Waals surface area contributed by atoms with Crippen molar-refractivity contribution in [2.24, 2.45) is 0 Å². The Morgan fingerprint density at radius 2 is 1.38 bits per heavy atom. The van der Waals surface area contributed by atoms with E-state index in [1.165, 1.54) is 0 Å². The summed E-state index contributed by atoms with van der Waals surface area (Å²) in [6.45, 7) is 2.79. The summed E-state index contributed by atoms with van der Waals surface area (Å²) < 4.78 is 49.6. The third-order valence-electron chi connectivity index (χ3n) is 1.55. The van der Waals surface area contributed by atoms with E-state index < -0.39 is 23.7 Å². The molecule has 0 saturated carbocycles. The number of amides is 2. The van der Waals surface area contributed by atoms with Gasteiger partial charge in [0.15, 0.2) is 0 Å². The van der Waals surface area contributed by atoms with Gasteiger partial charge in [0.1, 0.15) is 0 Å². The minimum Gasteiger partial charge on any atom is -0.267 e. The van der Waals surface area contributed by atoms with Crippen LogP contribution in [0.3, 0.4) is 0 Å². The molecule has 0 aromatic rings. The van der Waals surface area contributed by atoms with Gasteiger partial charge in [0, 0.05) is 6.20 Å². The van der Waals surface area contributed by atoms with Crippen LogP contribution in [0.4, 0.5) is 17.6 Å². The molecule has 1 aliphatic heterocycles. The Balaban J connectivity index is 3.27. The summed E-state index contributed by atoms with van der Waals surface area (Å²) in [5.74, 6) is -14.5. The van der Waals surface area contributed by atoms with Gasteiger partial charge in [0.2, 0.25) is 0 Å². The lowest BCUT2D eigenvalue weighted by Crippen LogP contribution is -2.43. The van der Waals surface area contributed by atoms with E-state index in [9.17, 15) is 27.2 Å². The molecule has 0 N–H and O–H groups in total. The summed E-state index contributed by atoms with van der Waals surface area (Å²) in [5, 5.41) is 0. The standard InChI is InChI=1S/C6H3F4NO2/c1-2-11-3(12)5(7,8)6(9,10)4(11)13/h2H,1H2. The zero-order valence-electron chi connectivity index (χ0n) is 6.06. The molecule has 13 heavy (non-hydrogen) atoms.